The number of nitrogens with zero attached hydrogens (tertiary/aromatic N) is 3. The predicted octanol–water partition coefficient (Wildman–Crippen LogP) is 2.52. The lowest BCUT2D eigenvalue weighted by molar-refractivity contribution is -0.129. The maximum absolute atomic E-state index is 12.4. The highest BCUT2D eigenvalue weighted by molar-refractivity contribution is 5.96. The van der Waals surface area contributed by atoms with E-state index in [0.717, 1.165) is 43.9 Å². The van der Waals surface area contributed by atoms with Crippen LogP contribution in [0.2, 0.25) is 0 Å². The van der Waals surface area contributed by atoms with Gasteiger partial charge in [-0.3, -0.25) is 9.59 Å². The van der Waals surface area contributed by atoms with Gasteiger partial charge in [0.25, 0.3) is 0 Å². The van der Waals surface area contributed by atoms with Gasteiger partial charge in [0.2, 0.25) is 11.8 Å². The van der Waals surface area contributed by atoms with Gasteiger partial charge in [-0.15, -0.1) is 0 Å². The van der Waals surface area contributed by atoms with Gasteiger partial charge in [0.15, 0.2) is 0 Å². The summed E-state index contributed by atoms with van der Waals surface area (Å²) in [5.74, 6) is 0.0308. The van der Waals surface area contributed by atoms with Crippen molar-refractivity contribution < 1.29 is 14.3 Å². The number of benzene rings is 1. The molecule has 0 aliphatic carbocycles. The fraction of sp³-hybridized carbons (Fsp3) is 0.600. The van der Waals surface area contributed by atoms with Crippen LogP contribution < -0.4 is 9.80 Å². The van der Waals surface area contributed by atoms with Gasteiger partial charge in [-0.25, -0.2) is 0 Å². The van der Waals surface area contributed by atoms with Crippen LogP contribution in [0.3, 0.4) is 0 Å². The highest BCUT2D eigenvalue weighted by Crippen LogP contribution is 2.30. The summed E-state index contributed by atoms with van der Waals surface area (Å²) in [6.07, 6.45) is 2.39. The Bertz CT molecular complexity index is 600. The van der Waals surface area contributed by atoms with E-state index in [1.54, 1.807) is 16.7 Å². The Morgan fingerprint density at radius 2 is 1.85 bits per heavy atom. The summed E-state index contributed by atoms with van der Waals surface area (Å²) in [6.45, 7) is 7.82. The number of unbranched alkanes of at least 4 members (excludes halogenated alkanes) is 1. The van der Waals surface area contributed by atoms with Gasteiger partial charge in [-0.05, 0) is 18.6 Å². The first-order valence-corrected chi connectivity index (χ1v) is 9.48. The van der Waals surface area contributed by atoms with E-state index in [0.29, 0.717) is 26.2 Å². The first-order valence-electron chi connectivity index (χ1n) is 9.48. The lowest BCUT2D eigenvalue weighted by Gasteiger charge is -2.33. The highest BCUT2D eigenvalue weighted by atomic mass is 16.5. The maximum atomic E-state index is 12.4. The van der Waals surface area contributed by atoms with Crippen LogP contribution in [0.25, 0.3) is 0 Å². The van der Waals surface area contributed by atoms with Crippen molar-refractivity contribution in [2.75, 3.05) is 56.2 Å². The molecule has 6 heteroatoms. The number of hydrogen-bond acceptors (Lipinski definition) is 4. The van der Waals surface area contributed by atoms with Crippen molar-refractivity contribution in [2.24, 2.45) is 0 Å². The second-order valence-electron chi connectivity index (χ2n) is 6.68. The fourth-order valence-corrected chi connectivity index (χ4v) is 3.13. The lowest BCUT2D eigenvalue weighted by atomic mass is 10.2. The third kappa shape index (κ3) is 5.46. The normalized spacial score (nSPS) is 14.2. The van der Waals surface area contributed by atoms with Gasteiger partial charge in [-0.2, -0.15) is 0 Å². The molecular weight excluding hydrogens is 330 g/mol. The van der Waals surface area contributed by atoms with Crippen LogP contribution >= 0.6 is 0 Å². The van der Waals surface area contributed by atoms with Crippen molar-refractivity contribution in [1.82, 2.24) is 4.90 Å². The van der Waals surface area contributed by atoms with Crippen LogP contribution in [0.15, 0.2) is 24.3 Å². The Labute approximate surface area is 156 Å². The summed E-state index contributed by atoms with van der Waals surface area (Å²) in [5, 5.41) is 0. The molecule has 2 rings (SSSR count). The van der Waals surface area contributed by atoms with Crippen molar-refractivity contribution in [3.05, 3.63) is 24.3 Å². The molecule has 1 aromatic rings. The number of para-hydroxylation sites is 2. The topological polar surface area (TPSA) is 53.1 Å². The minimum Gasteiger partial charge on any atom is -0.378 e. The molecule has 0 radical (unpaired) electrons. The molecule has 26 heavy (non-hydrogen) atoms. The van der Waals surface area contributed by atoms with E-state index < -0.39 is 0 Å². The molecule has 0 saturated carbocycles. The number of ether oxygens (including phenoxy) is 1. The third-order valence-corrected chi connectivity index (χ3v) is 4.73. The Balaban J connectivity index is 2.10. The third-order valence-electron chi connectivity index (χ3n) is 4.73. The number of hydrogen-bond donors (Lipinski definition) is 0. The summed E-state index contributed by atoms with van der Waals surface area (Å²) in [7, 11) is 1.83. The second kappa shape index (κ2) is 10.2. The Morgan fingerprint density at radius 3 is 2.50 bits per heavy atom. The van der Waals surface area contributed by atoms with Gasteiger partial charge in [0.05, 0.1) is 24.6 Å². The van der Waals surface area contributed by atoms with Gasteiger partial charge in [-0.1, -0.05) is 25.5 Å². The smallest absolute Gasteiger partial charge is 0.224 e. The first kappa shape index (κ1) is 20.2. The molecule has 1 heterocycles. The second-order valence-corrected chi connectivity index (χ2v) is 6.68. The Hall–Kier alpha value is -2.08. The molecule has 0 spiro atoms. The van der Waals surface area contributed by atoms with Crippen molar-refractivity contribution in [2.45, 2.75) is 33.1 Å². The van der Waals surface area contributed by atoms with E-state index in [1.807, 2.05) is 31.3 Å². The first-order chi connectivity index (χ1) is 12.5. The molecule has 1 saturated heterocycles. The van der Waals surface area contributed by atoms with E-state index in [9.17, 15) is 9.59 Å². The maximum Gasteiger partial charge on any atom is 0.224 e. The predicted molar refractivity (Wildman–Crippen MR) is 105 cm³/mol. The largest absolute Gasteiger partial charge is 0.378 e. The molecule has 0 N–H and O–H groups in total. The van der Waals surface area contributed by atoms with Crippen LogP contribution in [0.1, 0.15) is 33.1 Å². The van der Waals surface area contributed by atoms with Crippen molar-refractivity contribution in [3.63, 3.8) is 0 Å². The average Bonchev–Trinajstić information content (AvgIpc) is 2.66. The molecule has 6 nitrogen and oxygen atoms in total. The van der Waals surface area contributed by atoms with Crippen molar-refractivity contribution in [1.29, 1.82) is 0 Å². The number of carbonyl (C=O) groups is 2. The molecule has 1 aromatic carbocycles. The summed E-state index contributed by atoms with van der Waals surface area (Å²) < 4.78 is 5.43. The molecule has 1 fully saturated rings. The molecule has 144 valence electrons. The van der Waals surface area contributed by atoms with E-state index >= 15 is 0 Å². The molecular formula is C20H31N3O3. The molecule has 0 aromatic heterocycles. The zero-order valence-corrected chi connectivity index (χ0v) is 16.2. The Kier molecular flexibility index (Phi) is 7.91. The van der Waals surface area contributed by atoms with Gasteiger partial charge in [0, 0.05) is 46.6 Å². The number of morpholine rings is 1. The SMILES string of the molecule is CCCCN(C)C(=O)CCN(C(C)=O)c1ccccc1N1CCOCC1. The summed E-state index contributed by atoms with van der Waals surface area (Å²) in [6, 6.07) is 7.91. The van der Waals surface area contributed by atoms with E-state index in [-0.39, 0.29) is 11.8 Å². The zero-order valence-electron chi connectivity index (χ0n) is 16.2. The van der Waals surface area contributed by atoms with Gasteiger partial charge >= 0.3 is 0 Å². The monoisotopic (exact) mass is 361 g/mol. The summed E-state index contributed by atoms with van der Waals surface area (Å²) >= 11 is 0. The highest BCUT2D eigenvalue weighted by Gasteiger charge is 2.21. The molecule has 0 unspecified atom stereocenters. The van der Waals surface area contributed by atoms with Crippen LogP contribution in [-0.4, -0.2) is 63.2 Å². The number of anilines is 2. The minimum absolute atomic E-state index is 0.0466. The standard InChI is InChI=1S/C20H31N3O3/c1-4-5-11-21(3)20(25)10-12-23(17(2)24)19-9-7-6-8-18(19)22-13-15-26-16-14-22/h6-9H,4-5,10-16H2,1-3H3. The van der Waals surface area contributed by atoms with E-state index in [2.05, 4.69) is 11.8 Å². The fourth-order valence-electron chi connectivity index (χ4n) is 3.13. The minimum atomic E-state index is -0.0466. The molecule has 0 bridgehead atoms. The number of carbonyl (C=O) groups excluding carboxylic acids is 2. The summed E-state index contributed by atoms with van der Waals surface area (Å²) in [4.78, 5) is 30.4. The lowest BCUT2D eigenvalue weighted by Crippen LogP contribution is -2.39. The zero-order chi connectivity index (χ0) is 18.9. The molecule has 2 amide bonds. The molecule has 1 aliphatic rings. The van der Waals surface area contributed by atoms with Crippen LogP contribution in [-0.2, 0) is 14.3 Å². The van der Waals surface area contributed by atoms with Gasteiger partial charge in [0.1, 0.15) is 0 Å². The Morgan fingerprint density at radius 1 is 1.15 bits per heavy atom. The van der Waals surface area contributed by atoms with Crippen LogP contribution in [0, 0.1) is 0 Å². The number of amides is 2. The average molecular weight is 361 g/mol. The van der Waals surface area contributed by atoms with E-state index in [4.69, 9.17) is 4.74 Å². The van der Waals surface area contributed by atoms with Crippen LogP contribution in [0.5, 0.6) is 0 Å². The van der Waals surface area contributed by atoms with Crippen LogP contribution in [0.4, 0.5) is 11.4 Å². The number of rotatable bonds is 8. The van der Waals surface area contributed by atoms with Gasteiger partial charge < -0.3 is 19.4 Å². The quantitative estimate of drug-likeness (QED) is 0.714. The van der Waals surface area contributed by atoms with Crippen molar-refractivity contribution in [3.8, 4) is 0 Å². The van der Waals surface area contributed by atoms with Crippen molar-refractivity contribution >= 4 is 23.2 Å². The van der Waals surface area contributed by atoms with E-state index in [1.165, 1.54) is 0 Å². The molecule has 0 atom stereocenters. The molecule has 1 aliphatic heterocycles. The summed E-state index contributed by atoms with van der Waals surface area (Å²) in [5.41, 5.74) is 1.89.